The Morgan fingerprint density at radius 3 is 2.32 bits per heavy atom. The molecule has 4 aromatic rings. The van der Waals surface area contributed by atoms with Crippen LogP contribution in [0.2, 0.25) is 0 Å². The molecule has 0 atom stereocenters. The molecule has 1 aromatic heterocycles. The molecule has 144 valence electrons. The third kappa shape index (κ3) is 3.83. The Morgan fingerprint density at radius 1 is 0.821 bits per heavy atom. The van der Waals surface area contributed by atoms with Crippen molar-refractivity contribution in [2.45, 2.75) is 20.4 Å². The van der Waals surface area contributed by atoms with Crippen molar-refractivity contribution in [1.82, 2.24) is 9.97 Å². The maximum Gasteiger partial charge on any atom is 0.162 e. The molecule has 0 saturated heterocycles. The minimum absolute atomic E-state index is 0.652. The van der Waals surface area contributed by atoms with Crippen LogP contribution in [-0.2, 0) is 6.54 Å². The molecule has 1 N–H and O–H groups in total. The summed E-state index contributed by atoms with van der Waals surface area (Å²) in [7, 11) is 3.24. The summed E-state index contributed by atoms with van der Waals surface area (Å²) in [6.07, 6.45) is 1.56. The summed E-state index contributed by atoms with van der Waals surface area (Å²) in [5.41, 5.74) is 2.02. The van der Waals surface area contributed by atoms with E-state index < -0.39 is 0 Å². The van der Waals surface area contributed by atoms with E-state index in [0.717, 1.165) is 16.7 Å². The summed E-state index contributed by atoms with van der Waals surface area (Å²) in [6, 6.07) is 18.5. The van der Waals surface area contributed by atoms with Gasteiger partial charge < -0.3 is 14.8 Å². The Hall–Kier alpha value is -3.34. The van der Waals surface area contributed by atoms with Gasteiger partial charge in [-0.3, -0.25) is 0 Å². The highest BCUT2D eigenvalue weighted by molar-refractivity contribution is 5.92. The van der Waals surface area contributed by atoms with Crippen LogP contribution in [0.1, 0.15) is 19.4 Å². The van der Waals surface area contributed by atoms with Gasteiger partial charge >= 0.3 is 0 Å². The molecule has 0 aliphatic rings. The van der Waals surface area contributed by atoms with Crippen LogP contribution in [-0.4, -0.2) is 24.2 Å². The van der Waals surface area contributed by atoms with Crippen molar-refractivity contribution in [3.63, 3.8) is 0 Å². The average Bonchev–Trinajstić information content (AvgIpc) is 2.77. The molecule has 0 amide bonds. The fraction of sp³-hybridized carbons (Fsp3) is 0.217. The molecular formula is C23H25N3O2. The first-order valence-electron chi connectivity index (χ1n) is 9.37. The number of hydrogen-bond donors (Lipinski definition) is 1. The van der Waals surface area contributed by atoms with Crippen LogP contribution in [0.25, 0.3) is 21.7 Å². The van der Waals surface area contributed by atoms with Gasteiger partial charge in [0.2, 0.25) is 0 Å². The lowest BCUT2D eigenvalue weighted by atomic mass is 10.0. The Labute approximate surface area is 165 Å². The summed E-state index contributed by atoms with van der Waals surface area (Å²) in [4.78, 5) is 8.76. The number of ether oxygens (including phenoxy) is 2. The predicted octanol–water partition coefficient (Wildman–Crippen LogP) is 5.44. The third-order valence-corrected chi connectivity index (χ3v) is 4.47. The largest absolute Gasteiger partial charge is 0.493 e. The van der Waals surface area contributed by atoms with E-state index in [4.69, 9.17) is 9.47 Å². The summed E-state index contributed by atoms with van der Waals surface area (Å²) >= 11 is 0. The van der Waals surface area contributed by atoms with Crippen LogP contribution in [0.5, 0.6) is 11.5 Å². The van der Waals surface area contributed by atoms with E-state index in [-0.39, 0.29) is 0 Å². The fourth-order valence-electron chi connectivity index (χ4n) is 3.15. The van der Waals surface area contributed by atoms with E-state index in [0.29, 0.717) is 18.0 Å². The molecule has 0 saturated carbocycles. The standard InChI is InChI=1S/C21H19N3O2.C2H6/c1-25-19-10-17-18(11-20(19)26-2)23-13-24-21(17)22-12-15-8-5-7-14-6-3-4-9-16(14)15;1-2/h3-11,13H,12H2,1-2H3,(H,22,23,24);1-2H3. The van der Waals surface area contributed by atoms with E-state index in [1.807, 2.05) is 26.0 Å². The summed E-state index contributed by atoms with van der Waals surface area (Å²) in [5.74, 6) is 2.07. The molecule has 0 radical (unpaired) electrons. The number of hydrogen-bond acceptors (Lipinski definition) is 5. The van der Waals surface area contributed by atoms with Crippen LogP contribution in [0.3, 0.4) is 0 Å². The zero-order chi connectivity index (χ0) is 19.9. The van der Waals surface area contributed by atoms with Crippen LogP contribution >= 0.6 is 0 Å². The molecule has 0 fully saturated rings. The van der Waals surface area contributed by atoms with Crippen molar-refractivity contribution in [2.75, 3.05) is 19.5 Å². The monoisotopic (exact) mass is 375 g/mol. The van der Waals surface area contributed by atoms with Gasteiger partial charge in [-0.05, 0) is 22.4 Å². The van der Waals surface area contributed by atoms with Crippen LogP contribution in [0.4, 0.5) is 5.82 Å². The van der Waals surface area contributed by atoms with Gasteiger partial charge in [0.05, 0.1) is 19.7 Å². The van der Waals surface area contributed by atoms with Crippen molar-refractivity contribution in [3.05, 3.63) is 66.5 Å². The minimum atomic E-state index is 0.652. The van der Waals surface area contributed by atoms with Crippen LogP contribution in [0, 0.1) is 0 Å². The Kier molecular flexibility index (Phi) is 6.27. The van der Waals surface area contributed by atoms with Gasteiger partial charge in [-0.25, -0.2) is 9.97 Å². The van der Waals surface area contributed by atoms with Crippen molar-refractivity contribution in [2.24, 2.45) is 0 Å². The minimum Gasteiger partial charge on any atom is -0.493 e. The van der Waals surface area contributed by atoms with Crippen LogP contribution in [0.15, 0.2) is 60.9 Å². The smallest absolute Gasteiger partial charge is 0.162 e. The highest BCUT2D eigenvalue weighted by atomic mass is 16.5. The highest BCUT2D eigenvalue weighted by Crippen LogP contribution is 2.33. The van der Waals surface area contributed by atoms with Gasteiger partial charge in [-0.1, -0.05) is 56.3 Å². The van der Waals surface area contributed by atoms with Gasteiger partial charge in [-0.15, -0.1) is 0 Å². The van der Waals surface area contributed by atoms with Crippen molar-refractivity contribution >= 4 is 27.5 Å². The molecule has 1 heterocycles. The zero-order valence-electron chi connectivity index (χ0n) is 16.7. The van der Waals surface area contributed by atoms with E-state index >= 15 is 0 Å². The predicted molar refractivity (Wildman–Crippen MR) is 115 cm³/mol. The molecule has 28 heavy (non-hydrogen) atoms. The lowest BCUT2D eigenvalue weighted by Gasteiger charge is -2.13. The molecule has 0 aliphatic heterocycles. The fourth-order valence-corrected chi connectivity index (χ4v) is 3.15. The number of anilines is 1. The maximum atomic E-state index is 5.41. The first-order valence-corrected chi connectivity index (χ1v) is 9.37. The molecule has 0 aliphatic carbocycles. The molecule has 3 aromatic carbocycles. The third-order valence-electron chi connectivity index (χ3n) is 4.47. The van der Waals surface area contributed by atoms with Crippen molar-refractivity contribution in [3.8, 4) is 11.5 Å². The first kappa shape index (κ1) is 19.4. The number of aromatic nitrogens is 2. The van der Waals surface area contributed by atoms with Crippen molar-refractivity contribution < 1.29 is 9.47 Å². The topological polar surface area (TPSA) is 56.3 Å². The second kappa shape index (κ2) is 9.04. The van der Waals surface area contributed by atoms with E-state index in [1.165, 1.54) is 16.3 Å². The molecule has 4 rings (SSSR count). The van der Waals surface area contributed by atoms with Gasteiger partial charge in [-0.2, -0.15) is 0 Å². The number of rotatable bonds is 5. The number of methoxy groups -OCH3 is 2. The second-order valence-corrected chi connectivity index (χ2v) is 5.94. The SMILES string of the molecule is CC.COc1cc2ncnc(NCc3cccc4ccccc34)c2cc1OC. The number of benzene rings is 3. The lowest BCUT2D eigenvalue weighted by molar-refractivity contribution is 0.356. The summed E-state index contributed by atoms with van der Waals surface area (Å²) < 4.78 is 10.8. The van der Waals surface area contributed by atoms with E-state index in [1.54, 1.807) is 20.5 Å². The van der Waals surface area contributed by atoms with Gasteiger partial charge in [0.1, 0.15) is 12.1 Å². The van der Waals surface area contributed by atoms with Gasteiger partial charge in [0, 0.05) is 18.0 Å². The molecule has 5 nitrogen and oxygen atoms in total. The Morgan fingerprint density at radius 2 is 1.54 bits per heavy atom. The molecular weight excluding hydrogens is 350 g/mol. The summed E-state index contributed by atoms with van der Waals surface area (Å²) in [6.45, 7) is 4.67. The Bertz CT molecular complexity index is 1070. The van der Waals surface area contributed by atoms with Gasteiger partial charge in [0.15, 0.2) is 11.5 Å². The van der Waals surface area contributed by atoms with E-state index in [9.17, 15) is 0 Å². The molecule has 0 spiro atoms. The zero-order valence-corrected chi connectivity index (χ0v) is 16.7. The van der Waals surface area contributed by atoms with Crippen LogP contribution < -0.4 is 14.8 Å². The molecule has 0 bridgehead atoms. The quantitative estimate of drug-likeness (QED) is 0.503. The second-order valence-electron chi connectivity index (χ2n) is 5.94. The molecule has 5 heteroatoms. The van der Waals surface area contributed by atoms with Crippen molar-refractivity contribution in [1.29, 1.82) is 0 Å². The van der Waals surface area contributed by atoms with E-state index in [2.05, 4.69) is 57.7 Å². The highest BCUT2D eigenvalue weighted by Gasteiger charge is 2.11. The number of fused-ring (bicyclic) bond motifs is 2. The number of nitrogens with zero attached hydrogens (tertiary/aromatic N) is 2. The summed E-state index contributed by atoms with van der Waals surface area (Å²) in [5, 5.41) is 6.80. The maximum absolute atomic E-state index is 5.41. The average molecular weight is 375 g/mol. The lowest BCUT2D eigenvalue weighted by Crippen LogP contribution is -2.03. The number of nitrogens with one attached hydrogen (secondary N) is 1. The normalized spacial score (nSPS) is 10.3. The Balaban J connectivity index is 0.00000109. The molecule has 0 unspecified atom stereocenters. The first-order chi connectivity index (χ1) is 13.8. The van der Waals surface area contributed by atoms with Gasteiger partial charge in [0.25, 0.3) is 0 Å².